The molecule has 0 aliphatic carbocycles. The van der Waals surface area contributed by atoms with Gasteiger partial charge in [0, 0.05) is 18.7 Å². The predicted molar refractivity (Wildman–Crippen MR) is 69.8 cm³/mol. The Labute approximate surface area is 106 Å². The van der Waals surface area contributed by atoms with Crippen molar-refractivity contribution in [2.45, 2.75) is 19.4 Å². The highest BCUT2D eigenvalue weighted by Crippen LogP contribution is 2.09. The molecule has 18 heavy (non-hydrogen) atoms. The van der Waals surface area contributed by atoms with E-state index in [2.05, 4.69) is 10.6 Å². The maximum absolute atomic E-state index is 11.3. The first-order chi connectivity index (χ1) is 8.61. The molecule has 0 atom stereocenters. The highest BCUT2D eigenvalue weighted by Gasteiger charge is 2.01. The molecule has 0 aliphatic heterocycles. The van der Waals surface area contributed by atoms with Crippen LogP contribution in [-0.4, -0.2) is 18.5 Å². The number of benzene rings is 1. The summed E-state index contributed by atoms with van der Waals surface area (Å²) in [6, 6.07) is 6.49. The van der Waals surface area contributed by atoms with Crippen molar-refractivity contribution in [3.8, 4) is 0 Å². The third kappa shape index (κ3) is 5.31. The summed E-state index contributed by atoms with van der Waals surface area (Å²) >= 11 is 0. The molecule has 6 nitrogen and oxygen atoms in total. The molecule has 0 spiro atoms. The molecule has 0 unspecified atom stereocenters. The van der Waals surface area contributed by atoms with Crippen LogP contribution < -0.4 is 22.1 Å². The Kier molecular flexibility index (Phi) is 5.66. The molecule has 6 N–H and O–H groups in total. The molecule has 98 valence electrons. The fourth-order valence-electron chi connectivity index (χ4n) is 1.40. The van der Waals surface area contributed by atoms with Crippen molar-refractivity contribution in [1.29, 1.82) is 0 Å². The van der Waals surface area contributed by atoms with Crippen LogP contribution in [0.2, 0.25) is 0 Å². The van der Waals surface area contributed by atoms with Crippen LogP contribution in [0.5, 0.6) is 0 Å². The van der Waals surface area contributed by atoms with E-state index in [1.807, 2.05) is 12.1 Å². The van der Waals surface area contributed by atoms with Gasteiger partial charge in [0.2, 0.25) is 5.91 Å². The lowest BCUT2D eigenvalue weighted by atomic mass is 10.2. The number of rotatable bonds is 6. The largest absolute Gasteiger partial charge is 0.352 e. The molecule has 0 radical (unpaired) electrons. The maximum Gasteiger partial charge on any atom is 0.316 e. The Balaban J connectivity index is 2.39. The first-order valence-corrected chi connectivity index (χ1v) is 5.74. The van der Waals surface area contributed by atoms with Gasteiger partial charge in [-0.1, -0.05) is 12.1 Å². The van der Waals surface area contributed by atoms with Gasteiger partial charge < -0.3 is 22.1 Å². The second-order valence-electron chi connectivity index (χ2n) is 3.86. The molecule has 1 aromatic rings. The molecule has 0 saturated carbocycles. The fourth-order valence-corrected chi connectivity index (χ4v) is 1.40. The van der Waals surface area contributed by atoms with E-state index >= 15 is 0 Å². The minimum Gasteiger partial charge on any atom is -0.352 e. The summed E-state index contributed by atoms with van der Waals surface area (Å²) in [6.45, 7) is 0.973. The standard InChI is InChI=1S/C12H18N4O2/c13-7-1-2-11(17)15-8-9-3-5-10(6-4-9)16-12(14)18/h3-6H,1-2,7-8,13H2,(H,15,17)(H3,14,16,18). The summed E-state index contributed by atoms with van der Waals surface area (Å²) in [6.07, 6.45) is 1.13. The topological polar surface area (TPSA) is 110 Å². The van der Waals surface area contributed by atoms with Gasteiger partial charge in [0.1, 0.15) is 0 Å². The summed E-state index contributed by atoms with van der Waals surface area (Å²) in [5.74, 6) is -0.0141. The minimum absolute atomic E-state index is 0.0141. The molecule has 1 rings (SSSR count). The molecule has 0 fully saturated rings. The van der Waals surface area contributed by atoms with Crippen LogP contribution in [0, 0.1) is 0 Å². The van der Waals surface area contributed by atoms with Gasteiger partial charge in [0.05, 0.1) is 0 Å². The van der Waals surface area contributed by atoms with Crippen LogP contribution in [0.25, 0.3) is 0 Å². The van der Waals surface area contributed by atoms with Gasteiger partial charge in [0.15, 0.2) is 0 Å². The van der Waals surface area contributed by atoms with Crippen LogP contribution in [-0.2, 0) is 11.3 Å². The van der Waals surface area contributed by atoms with E-state index < -0.39 is 6.03 Å². The maximum atomic E-state index is 11.3. The lowest BCUT2D eigenvalue weighted by Crippen LogP contribution is -2.23. The Hall–Kier alpha value is -2.08. The number of amides is 3. The van der Waals surface area contributed by atoms with Crippen molar-refractivity contribution >= 4 is 17.6 Å². The van der Waals surface area contributed by atoms with E-state index in [0.717, 1.165) is 5.56 Å². The van der Waals surface area contributed by atoms with E-state index in [4.69, 9.17) is 11.5 Å². The molecule has 0 saturated heterocycles. The van der Waals surface area contributed by atoms with E-state index in [9.17, 15) is 9.59 Å². The van der Waals surface area contributed by atoms with Crippen molar-refractivity contribution in [2.24, 2.45) is 11.5 Å². The van der Waals surface area contributed by atoms with Gasteiger partial charge in [-0.05, 0) is 30.7 Å². The first kappa shape index (κ1) is 14.0. The normalized spacial score (nSPS) is 9.83. The third-order valence-electron chi connectivity index (χ3n) is 2.32. The predicted octanol–water partition coefficient (Wildman–Crippen LogP) is 0.532. The van der Waals surface area contributed by atoms with Crippen molar-refractivity contribution in [2.75, 3.05) is 11.9 Å². The molecule has 1 aromatic carbocycles. The molecular formula is C12H18N4O2. The third-order valence-corrected chi connectivity index (χ3v) is 2.32. The minimum atomic E-state index is -0.599. The number of hydrogen-bond acceptors (Lipinski definition) is 3. The number of urea groups is 1. The molecule has 0 aliphatic rings. The smallest absolute Gasteiger partial charge is 0.316 e. The summed E-state index contributed by atoms with van der Waals surface area (Å²) in [7, 11) is 0. The number of primary amides is 1. The van der Waals surface area contributed by atoms with Crippen molar-refractivity contribution < 1.29 is 9.59 Å². The Morgan fingerprint density at radius 1 is 1.17 bits per heavy atom. The number of carbonyl (C=O) groups excluding carboxylic acids is 2. The van der Waals surface area contributed by atoms with E-state index in [-0.39, 0.29) is 5.91 Å². The van der Waals surface area contributed by atoms with Crippen LogP contribution in [0.3, 0.4) is 0 Å². The SMILES string of the molecule is NCCCC(=O)NCc1ccc(NC(N)=O)cc1. The zero-order chi connectivity index (χ0) is 13.4. The first-order valence-electron chi connectivity index (χ1n) is 5.74. The van der Waals surface area contributed by atoms with Crippen molar-refractivity contribution in [3.05, 3.63) is 29.8 Å². The quantitative estimate of drug-likeness (QED) is 0.591. The molecule has 3 amide bonds. The van der Waals surface area contributed by atoms with Crippen LogP contribution in [0.4, 0.5) is 10.5 Å². The van der Waals surface area contributed by atoms with Crippen LogP contribution >= 0.6 is 0 Å². The summed E-state index contributed by atoms with van der Waals surface area (Å²) in [4.78, 5) is 22.0. The lowest BCUT2D eigenvalue weighted by Gasteiger charge is -2.06. The second-order valence-corrected chi connectivity index (χ2v) is 3.86. The summed E-state index contributed by atoms with van der Waals surface area (Å²) < 4.78 is 0. The zero-order valence-corrected chi connectivity index (χ0v) is 10.1. The van der Waals surface area contributed by atoms with Gasteiger partial charge in [0.25, 0.3) is 0 Å². The number of nitrogens with one attached hydrogen (secondary N) is 2. The van der Waals surface area contributed by atoms with Crippen molar-refractivity contribution in [1.82, 2.24) is 5.32 Å². The second kappa shape index (κ2) is 7.29. The van der Waals surface area contributed by atoms with Crippen LogP contribution in [0.15, 0.2) is 24.3 Å². The molecular weight excluding hydrogens is 232 g/mol. The summed E-state index contributed by atoms with van der Waals surface area (Å²) in [5.41, 5.74) is 11.9. The highest BCUT2D eigenvalue weighted by molar-refractivity contribution is 5.87. The molecule has 6 heteroatoms. The van der Waals surface area contributed by atoms with E-state index in [1.54, 1.807) is 12.1 Å². The monoisotopic (exact) mass is 250 g/mol. The number of anilines is 1. The molecule has 0 aromatic heterocycles. The Morgan fingerprint density at radius 3 is 2.39 bits per heavy atom. The lowest BCUT2D eigenvalue weighted by molar-refractivity contribution is -0.121. The van der Waals surface area contributed by atoms with E-state index in [0.29, 0.717) is 31.6 Å². The van der Waals surface area contributed by atoms with Gasteiger partial charge >= 0.3 is 6.03 Å². The number of nitrogens with two attached hydrogens (primary N) is 2. The van der Waals surface area contributed by atoms with Gasteiger partial charge in [-0.25, -0.2) is 4.79 Å². The Bertz CT molecular complexity index is 403. The Morgan fingerprint density at radius 2 is 1.83 bits per heavy atom. The fraction of sp³-hybridized carbons (Fsp3) is 0.333. The van der Waals surface area contributed by atoms with Crippen LogP contribution in [0.1, 0.15) is 18.4 Å². The average molecular weight is 250 g/mol. The number of carbonyl (C=O) groups is 2. The van der Waals surface area contributed by atoms with Gasteiger partial charge in [-0.15, -0.1) is 0 Å². The summed E-state index contributed by atoms with van der Waals surface area (Å²) in [5, 5.41) is 5.25. The van der Waals surface area contributed by atoms with E-state index in [1.165, 1.54) is 0 Å². The van der Waals surface area contributed by atoms with Gasteiger partial charge in [-0.2, -0.15) is 0 Å². The zero-order valence-electron chi connectivity index (χ0n) is 10.1. The van der Waals surface area contributed by atoms with Gasteiger partial charge in [-0.3, -0.25) is 4.79 Å². The average Bonchev–Trinajstić information content (AvgIpc) is 2.35. The van der Waals surface area contributed by atoms with Crippen molar-refractivity contribution in [3.63, 3.8) is 0 Å². The highest BCUT2D eigenvalue weighted by atomic mass is 16.2. The number of hydrogen-bond donors (Lipinski definition) is 4. The molecule has 0 bridgehead atoms. The molecule has 0 heterocycles.